The average molecular weight is 172 g/mol. The first kappa shape index (κ1) is 9.68. The van der Waals surface area contributed by atoms with E-state index in [1.165, 1.54) is 0 Å². The Balaban J connectivity index is 2.71. The topological polar surface area (TPSA) is 35.5 Å². The van der Waals surface area contributed by atoms with Crippen LogP contribution in [-0.4, -0.2) is 30.7 Å². The van der Waals surface area contributed by atoms with Crippen LogP contribution in [0.1, 0.15) is 27.2 Å². The Morgan fingerprint density at radius 1 is 1.50 bits per heavy atom. The van der Waals surface area contributed by atoms with Gasteiger partial charge in [0.2, 0.25) is 0 Å². The maximum Gasteiger partial charge on any atom is 0.167 e. The van der Waals surface area contributed by atoms with Crippen LogP contribution in [0.15, 0.2) is 0 Å². The number of carbonyl (C=O) groups is 1. The molecule has 0 radical (unpaired) electrons. The zero-order valence-electron chi connectivity index (χ0n) is 8.14. The van der Waals surface area contributed by atoms with Gasteiger partial charge in [-0.2, -0.15) is 0 Å². The Bertz CT molecular complexity index is 198. The maximum absolute atomic E-state index is 11.4. The summed E-state index contributed by atoms with van der Waals surface area (Å²) in [4.78, 5) is 11.4. The third-order valence-electron chi connectivity index (χ3n) is 2.16. The van der Waals surface area contributed by atoms with E-state index in [2.05, 4.69) is 0 Å². The van der Waals surface area contributed by atoms with E-state index in [0.29, 0.717) is 13.0 Å². The quantitative estimate of drug-likeness (QED) is 0.627. The smallest absolute Gasteiger partial charge is 0.167 e. The van der Waals surface area contributed by atoms with Crippen LogP contribution in [0.5, 0.6) is 0 Å². The Hall–Kier alpha value is -0.410. The maximum atomic E-state index is 11.4. The Morgan fingerprint density at radius 3 is 2.42 bits per heavy atom. The van der Waals surface area contributed by atoms with E-state index >= 15 is 0 Å². The normalized spacial score (nSPS) is 34.2. The van der Waals surface area contributed by atoms with E-state index in [1.54, 1.807) is 21.0 Å². The highest BCUT2D eigenvalue weighted by atomic mass is 16.6. The van der Waals surface area contributed by atoms with Gasteiger partial charge in [0.15, 0.2) is 5.78 Å². The highest BCUT2D eigenvalue weighted by Crippen LogP contribution is 2.34. The summed E-state index contributed by atoms with van der Waals surface area (Å²) in [5.74, 6) is 0.155. The molecule has 0 aromatic carbocycles. The Morgan fingerprint density at radius 2 is 2.08 bits per heavy atom. The summed E-state index contributed by atoms with van der Waals surface area (Å²) >= 11 is 0. The summed E-state index contributed by atoms with van der Waals surface area (Å²) < 4.78 is 10.6. The largest absolute Gasteiger partial charge is 0.382 e. The molecule has 0 N–H and O–H groups in total. The highest BCUT2D eigenvalue weighted by Gasteiger charge is 2.47. The van der Waals surface area contributed by atoms with Gasteiger partial charge in [-0.05, 0) is 20.8 Å². The zero-order valence-corrected chi connectivity index (χ0v) is 8.14. The Kier molecular flexibility index (Phi) is 2.27. The SMILES string of the molecule is COCC1(C)CC(=O)C(C)(C)O1. The van der Waals surface area contributed by atoms with Crippen LogP contribution >= 0.6 is 0 Å². The molecule has 1 rings (SSSR count). The lowest BCUT2D eigenvalue weighted by atomic mass is 9.99. The van der Waals surface area contributed by atoms with Crippen molar-refractivity contribution >= 4 is 5.78 Å². The third kappa shape index (κ3) is 1.67. The first-order valence-corrected chi connectivity index (χ1v) is 4.12. The van der Waals surface area contributed by atoms with Crippen LogP contribution in [0.4, 0.5) is 0 Å². The zero-order chi connectivity index (χ0) is 9.41. The van der Waals surface area contributed by atoms with Crippen LogP contribution in [0.2, 0.25) is 0 Å². The lowest BCUT2D eigenvalue weighted by Gasteiger charge is -2.25. The van der Waals surface area contributed by atoms with Crippen molar-refractivity contribution in [3.05, 3.63) is 0 Å². The number of methoxy groups -OCH3 is 1. The van der Waals surface area contributed by atoms with Gasteiger partial charge in [-0.1, -0.05) is 0 Å². The van der Waals surface area contributed by atoms with Gasteiger partial charge in [-0.15, -0.1) is 0 Å². The minimum Gasteiger partial charge on any atom is -0.382 e. The molecule has 3 nitrogen and oxygen atoms in total. The molecule has 0 bridgehead atoms. The lowest BCUT2D eigenvalue weighted by molar-refractivity contribution is -0.136. The molecule has 0 aromatic rings. The number of rotatable bonds is 2. The molecule has 1 heterocycles. The molecular formula is C9H16O3. The monoisotopic (exact) mass is 172 g/mol. The molecule has 0 aliphatic carbocycles. The molecule has 0 aromatic heterocycles. The molecule has 70 valence electrons. The second-order valence-corrected chi connectivity index (χ2v) is 4.10. The van der Waals surface area contributed by atoms with Crippen LogP contribution in [-0.2, 0) is 14.3 Å². The molecule has 1 atom stereocenters. The van der Waals surface area contributed by atoms with E-state index in [1.807, 2.05) is 6.92 Å². The van der Waals surface area contributed by atoms with Crippen molar-refractivity contribution in [1.29, 1.82) is 0 Å². The van der Waals surface area contributed by atoms with Gasteiger partial charge in [0.1, 0.15) is 5.60 Å². The molecule has 1 saturated heterocycles. The summed E-state index contributed by atoms with van der Waals surface area (Å²) in [7, 11) is 1.62. The number of ketones is 1. The van der Waals surface area contributed by atoms with Gasteiger partial charge in [0.05, 0.1) is 12.2 Å². The number of Topliss-reactive ketones (excluding diaryl/α,β-unsaturated/α-hetero) is 1. The minimum absolute atomic E-state index is 0.155. The molecule has 0 spiro atoms. The van der Waals surface area contributed by atoms with Crippen molar-refractivity contribution in [2.75, 3.05) is 13.7 Å². The number of ether oxygens (including phenoxy) is 2. The molecule has 1 aliphatic rings. The van der Waals surface area contributed by atoms with Gasteiger partial charge < -0.3 is 9.47 Å². The van der Waals surface area contributed by atoms with E-state index in [-0.39, 0.29) is 5.78 Å². The van der Waals surface area contributed by atoms with Crippen molar-refractivity contribution < 1.29 is 14.3 Å². The molecule has 3 heteroatoms. The van der Waals surface area contributed by atoms with Crippen molar-refractivity contribution in [3.63, 3.8) is 0 Å². The van der Waals surface area contributed by atoms with Crippen molar-refractivity contribution in [3.8, 4) is 0 Å². The van der Waals surface area contributed by atoms with Crippen molar-refractivity contribution in [1.82, 2.24) is 0 Å². The first-order chi connectivity index (χ1) is 5.40. The molecule has 1 aliphatic heterocycles. The summed E-state index contributed by atoms with van der Waals surface area (Å²) in [5.41, 5.74) is -1.05. The predicted octanol–water partition coefficient (Wildman–Crippen LogP) is 1.16. The molecule has 12 heavy (non-hydrogen) atoms. The lowest BCUT2D eigenvalue weighted by Crippen LogP contribution is -2.34. The third-order valence-corrected chi connectivity index (χ3v) is 2.16. The van der Waals surface area contributed by atoms with Crippen LogP contribution in [0.25, 0.3) is 0 Å². The second-order valence-electron chi connectivity index (χ2n) is 4.10. The van der Waals surface area contributed by atoms with Crippen molar-refractivity contribution in [2.45, 2.75) is 38.4 Å². The van der Waals surface area contributed by atoms with E-state index < -0.39 is 11.2 Å². The van der Waals surface area contributed by atoms with Gasteiger partial charge in [-0.25, -0.2) is 0 Å². The Labute approximate surface area is 73.0 Å². The summed E-state index contributed by atoms with van der Waals surface area (Å²) in [6, 6.07) is 0. The first-order valence-electron chi connectivity index (χ1n) is 4.12. The van der Waals surface area contributed by atoms with Crippen LogP contribution in [0, 0.1) is 0 Å². The van der Waals surface area contributed by atoms with E-state index in [4.69, 9.17) is 9.47 Å². The molecule has 1 fully saturated rings. The molecule has 0 saturated carbocycles. The van der Waals surface area contributed by atoms with Gasteiger partial charge in [0.25, 0.3) is 0 Å². The number of hydrogen-bond acceptors (Lipinski definition) is 3. The van der Waals surface area contributed by atoms with Crippen LogP contribution < -0.4 is 0 Å². The fraction of sp³-hybridized carbons (Fsp3) is 0.889. The minimum atomic E-state index is -0.632. The fourth-order valence-corrected chi connectivity index (χ4v) is 1.65. The average Bonchev–Trinajstić information content (AvgIpc) is 2.02. The second kappa shape index (κ2) is 2.82. The summed E-state index contributed by atoms with van der Waals surface area (Å²) in [5, 5.41) is 0. The molecular weight excluding hydrogens is 156 g/mol. The highest BCUT2D eigenvalue weighted by molar-refractivity contribution is 5.89. The van der Waals surface area contributed by atoms with E-state index in [9.17, 15) is 4.79 Å². The standard InChI is InChI=1S/C9H16O3/c1-8(2)7(10)5-9(3,12-8)6-11-4/h5-6H2,1-4H3. The van der Waals surface area contributed by atoms with Crippen molar-refractivity contribution in [2.24, 2.45) is 0 Å². The van der Waals surface area contributed by atoms with Gasteiger partial charge in [0, 0.05) is 13.5 Å². The molecule has 0 amide bonds. The van der Waals surface area contributed by atoms with Gasteiger partial charge >= 0.3 is 0 Å². The molecule has 1 unspecified atom stereocenters. The summed E-state index contributed by atoms with van der Waals surface area (Å²) in [6.07, 6.45) is 0.452. The number of carbonyl (C=O) groups excluding carboxylic acids is 1. The predicted molar refractivity (Wildman–Crippen MR) is 45.1 cm³/mol. The van der Waals surface area contributed by atoms with E-state index in [0.717, 1.165) is 0 Å². The summed E-state index contributed by atoms with van der Waals surface area (Å²) in [6.45, 7) is 5.98. The fourth-order valence-electron chi connectivity index (χ4n) is 1.65. The number of hydrogen-bond donors (Lipinski definition) is 0. The van der Waals surface area contributed by atoms with Crippen LogP contribution in [0.3, 0.4) is 0 Å². The van der Waals surface area contributed by atoms with Gasteiger partial charge in [-0.3, -0.25) is 4.79 Å².